The summed E-state index contributed by atoms with van der Waals surface area (Å²) in [6, 6.07) is 0. The minimum absolute atomic E-state index is 0.0984. The SMILES string of the molecule is CS(=O)(=O)C1=CCCC2OC12. The van der Waals surface area contributed by atoms with Gasteiger partial charge >= 0.3 is 0 Å². The predicted molar refractivity (Wildman–Crippen MR) is 40.8 cm³/mol. The molecule has 2 atom stereocenters. The Bertz CT molecular complexity index is 302. The maximum atomic E-state index is 11.1. The van der Waals surface area contributed by atoms with Gasteiger partial charge in [0.05, 0.1) is 11.0 Å². The fourth-order valence-electron chi connectivity index (χ4n) is 1.48. The van der Waals surface area contributed by atoms with Crippen molar-refractivity contribution in [3.8, 4) is 0 Å². The first-order valence-electron chi connectivity index (χ1n) is 3.64. The molecule has 1 aliphatic heterocycles. The van der Waals surface area contributed by atoms with Gasteiger partial charge in [0, 0.05) is 6.26 Å². The van der Waals surface area contributed by atoms with Crippen molar-refractivity contribution in [2.75, 3.05) is 6.26 Å². The topological polar surface area (TPSA) is 46.7 Å². The van der Waals surface area contributed by atoms with Gasteiger partial charge in [0.25, 0.3) is 0 Å². The predicted octanol–water partition coefficient (Wildman–Crippen LogP) is 0.476. The molecule has 1 saturated heterocycles. The first-order chi connectivity index (χ1) is 5.09. The third-order valence-corrected chi connectivity index (χ3v) is 3.34. The summed E-state index contributed by atoms with van der Waals surface area (Å²) in [5.41, 5.74) is 0. The summed E-state index contributed by atoms with van der Waals surface area (Å²) in [5, 5.41) is 0. The van der Waals surface area contributed by atoms with E-state index in [0.717, 1.165) is 12.8 Å². The number of hydrogen-bond acceptors (Lipinski definition) is 3. The van der Waals surface area contributed by atoms with Crippen molar-refractivity contribution in [1.82, 2.24) is 0 Å². The Labute approximate surface area is 66.0 Å². The largest absolute Gasteiger partial charge is 0.364 e. The van der Waals surface area contributed by atoms with Crippen molar-refractivity contribution in [2.24, 2.45) is 0 Å². The van der Waals surface area contributed by atoms with E-state index in [1.54, 1.807) is 6.08 Å². The van der Waals surface area contributed by atoms with Gasteiger partial charge < -0.3 is 4.74 Å². The zero-order valence-corrected chi connectivity index (χ0v) is 7.10. The molecule has 0 spiro atoms. The molecule has 2 rings (SSSR count). The highest BCUT2D eigenvalue weighted by molar-refractivity contribution is 7.94. The Balaban J connectivity index is 2.33. The van der Waals surface area contributed by atoms with Gasteiger partial charge in [-0.2, -0.15) is 0 Å². The Morgan fingerprint density at radius 2 is 2.36 bits per heavy atom. The highest BCUT2D eigenvalue weighted by Crippen LogP contribution is 2.38. The summed E-state index contributed by atoms with van der Waals surface area (Å²) in [7, 11) is -3.00. The third kappa shape index (κ3) is 1.20. The molecule has 1 aliphatic carbocycles. The smallest absolute Gasteiger partial charge is 0.174 e. The fraction of sp³-hybridized carbons (Fsp3) is 0.714. The molecule has 0 aromatic carbocycles. The molecule has 2 aliphatic rings. The fourth-order valence-corrected chi connectivity index (χ4v) is 2.53. The molecule has 11 heavy (non-hydrogen) atoms. The third-order valence-electron chi connectivity index (χ3n) is 2.09. The maximum Gasteiger partial charge on any atom is 0.174 e. The van der Waals surface area contributed by atoms with E-state index in [1.165, 1.54) is 6.26 Å². The Hall–Kier alpha value is -0.350. The molecule has 2 unspecified atom stereocenters. The summed E-state index contributed by atoms with van der Waals surface area (Å²) in [6.07, 6.45) is 4.93. The van der Waals surface area contributed by atoms with Crippen LogP contribution in [0.15, 0.2) is 11.0 Å². The molecule has 3 nitrogen and oxygen atoms in total. The van der Waals surface area contributed by atoms with E-state index >= 15 is 0 Å². The monoisotopic (exact) mass is 174 g/mol. The van der Waals surface area contributed by atoms with E-state index in [-0.39, 0.29) is 12.2 Å². The van der Waals surface area contributed by atoms with Crippen molar-refractivity contribution in [3.63, 3.8) is 0 Å². The van der Waals surface area contributed by atoms with Gasteiger partial charge in [-0.15, -0.1) is 0 Å². The van der Waals surface area contributed by atoms with Crippen LogP contribution >= 0.6 is 0 Å². The van der Waals surface area contributed by atoms with Gasteiger partial charge in [-0.25, -0.2) is 8.42 Å². The lowest BCUT2D eigenvalue weighted by Crippen LogP contribution is -2.12. The molecule has 1 fully saturated rings. The minimum atomic E-state index is -3.00. The van der Waals surface area contributed by atoms with Gasteiger partial charge in [0.2, 0.25) is 0 Å². The Kier molecular flexibility index (Phi) is 1.38. The summed E-state index contributed by atoms with van der Waals surface area (Å²) in [6.45, 7) is 0. The normalized spacial score (nSPS) is 35.9. The second-order valence-corrected chi connectivity index (χ2v) is 5.07. The van der Waals surface area contributed by atoms with Crippen LogP contribution in [0.1, 0.15) is 12.8 Å². The number of allylic oxidation sites excluding steroid dienone is 1. The van der Waals surface area contributed by atoms with E-state index < -0.39 is 9.84 Å². The van der Waals surface area contributed by atoms with Gasteiger partial charge in [0.15, 0.2) is 9.84 Å². The lowest BCUT2D eigenvalue weighted by molar-refractivity contribution is 0.383. The molecular weight excluding hydrogens is 164 g/mol. The van der Waals surface area contributed by atoms with Crippen LogP contribution in [0.5, 0.6) is 0 Å². The van der Waals surface area contributed by atoms with Gasteiger partial charge in [0.1, 0.15) is 6.10 Å². The van der Waals surface area contributed by atoms with E-state index in [1.807, 2.05) is 0 Å². The van der Waals surface area contributed by atoms with Crippen LogP contribution in [0, 0.1) is 0 Å². The number of ether oxygens (including phenoxy) is 1. The zero-order valence-electron chi connectivity index (χ0n) is 6.28. The standard InChI is InChI=1S/C7H10O3S/c1-11(8,9)6-4-2-3-5-7(6)10-5/h4-5,7H,2-3H2,1H3. The number of epoxide rings is 1. The zero-order chi connectivity index (χ0) is 8.06. The van der Waals surface area contributed by atoms with Gasteiger partial charge in [-0.05, 0) is 12.8 Å². The van der Waals surface area contributed by atoms with E-state index in [9.17, 15) is 8.42 Å². The summed E-state index contributed by atoms with van der Waals surface area (Å²) < 4.78 is 27.3. The molecule has 0 saturated carbocycles. The number of rotatable bonds is 1. The maximum absolute atomic E-state index is 11.1. The van der Waals surface area contributed by atoms with Crippen molar-refractivity contribution in [1.29, 1.82) is 0 Å². The van der Waals surface area contributed by atoms with Crippen LogP contribution in [-0.4, -0.2) is 26.9 Å². The quantitative estimate of drug-likeness (QED) is 0.543. The summed E-state index contributed by atoms with van der Waals surface area (Å²) in [4.78, 5) is 0.494. The average Bonchev–Trinajstić information content (AvgIpc) is 2.60. The van der Waals surface area contributed by atoms with Crippen molar-refractivity contribution >= 4 is 9.84 Å². The van der Waals surface area contributed by atoms with Crippen molar-refractivity contribution in [3.05, 3.63) is 11.0 Å². The highest BCUT2D eigenvalue weighted by Gasteiger charge is 2.46. The van der Waals surface area contributed by atoms with Gasteiger partial charge in [-0.3, -0.25) is 0 Å². The molecular formula is C7H10O3S. The van der Waals surface area contributed by atoms with Crippen LogP contribution in [0.2, 0.25) is 0 Å². The van der Waals surface area contributed by atoms with Crippen LogP contribution in [0.25, 0.3) is 0 Å². The van der Waals surface area contributed by atoms with Gasteiger partial charge in [-0.1, -0.05) is 6.08 Å². The molecule has 0 bridgehead atoms. The van der Waals surface area contributed by atoms with E-state index in [0.29, 0.717) is 4.91 Å². The van der Waals surface area contributed by atoms with Crippen LogP contribution < -0.4 is 0 Å². The van der Waals surface area contributed by atoms with Crippen LogP contribution in [0.4, 0.5) is 0 Å². The summed E-state index contributed by atoms with van der Waals surface area (Å²) >= 11 is 0. The lowest BCUT2D eigenvalue weighted by Gasteiger charge is -2.04. The first kappa shape index (κ1) is 7.31. The minimum Gasteiger partial charge on any atom is -0.364 e. The summed E-state index contributed by atoms with van der Waals surface area (Å²) in [5.74, 6) is 0. The lowest BCUT2D eigenvalue weighted by atomic mass is 10.1. The molecule has 62 valence electrons. The first-order valence-corrected chi connectivity index (χ1v) is 5.54. The average molecular weight is 174 g/mol. The van der Waals surface area contributed by atoms with Crippen LogP contribution in [0.3, 0.4) is 0 Å². The molecule has 0 N–H and O–H groups in total. The number of fused-ring (bicyclic) bond motifs is 1. The van der Waals surface area contributed by atoms with E-state index in [2.05, 4.69) is 0 Å². The second-order valence-electron chi connectivity index (χ2n) is 3.05. The molecule has 1 heterocycles. The van der Waals surface area contributed by atoms with Crippen molar-refractivity contribution in [2.45, 2.75) is 25.0 Å². The number of hydrogen-bond donors (Lipinski definition) is 0. The molecule has 0 amide bonds. The molecule has 4 heteroatoms. The Morgan fingerprint density at radius 1 is 1.64 bits per heavy atom. The molecule has 0 aromatic rings. The molecule has 0 aromatic heterocycles. The van der Waals surface area contributed by atoms with E-state index in [4.69, 9.17) is 4.74 Å². The van der Waals surface area contributed by atoms with Crippen molar-refractivity contribution < 1.29 is 13.2 Å². The number of sulfone groups is 1. The molecule has 0 radical (unpaired) electrons. The Morgan fingerprint density at radius 3 is 2.91 bits per heavy atom. The van der Waals surface area contributed by atoms with Crippen LogP contribution in [-0.2, 0) is 14.6 Å². The second kappa shape index (κ2) is 2.08. The highest BCUT2D eigenvalue weighted by atomic mass is 32.2.